The SMILES string of the molecule is Cc1ccc(N2C(=O)C(Nc3ccc(Br)cc3)=C(Sc3cccc(NC(=O)c4ccc(Br)cc4)c3)C2=O)cc1C. The van der Waals surface area contributed by atoms with E-state index in [1.165, 1.54) is 16.7 Å². The first-order chi connectivity index (χ1) is 19.2. The van der Waals surface area contributed by atoms with Gasteiger partial charge in [0.15, 0.2) is 0 Å². The van der Waals surface area contributed by atoms with Crippen molar-refractivity contribution in [3.8, 4) is 0 Å². The lowest BCUT2D eigenvalue weighted by molar-refractivity contribution is -0.120. The lowest BCUT2D eigenvalue weighted by atomic mass is 10.1. The average Bonchev–Trinajstić information content (AvgIpc) is 3.16. The number of anilines is 3. The lowest BCUT2D eigenvalue weighted by Crippen LogP contribution is -2.32. The van der Waals surface area contributed by atoms with Crippen LogP contribution in [0.4, 0.5) is 17.1 Å². The van der Waals surface area contributed by atoms with Crippen molar-refractivity contribution >= 4 is 78.4 Å². The van der Waals surface area contributed by atoms with Crippen LogP contribution in [0.15, 0.2) is 115 Å². The normalized spacial score (nSPS) is 13.2. The molecule has 0 radical (unpaired) electrons. The zero-order valence-corrected chi connectivity index (χ0v) is 25.5. The number of hydrogen-bond acceptors (Lipinski definition) is 5. The van der Waals surface area contributed by atoms with Gasteiger partial charge in [-0.05, 0) is 104 Å². The highest BCUT2D eigenvalue weighted by Gasteiger charge is 2.40. The smallest absolute Gasteiger partial charge is 0.283 e. The van der Waals surface area contributed by atoms with Crippen LogP contribution in [0.2, 0.25) is 0 Å². The van der Waals surface area contributed by atoms with E-state index in [9.17, 15) is 14.4 Å². The van der Waals surface area contributed by atoms with Crippen LogP contribution in [0.1, 0.15) is 21.5 Å². The Morgan fingerprint density at radius 3 is 2.10 bits per heavy atom. The molecule has 4 aromatic rings. The van der Waals surface area contributed by atoms with Crippen molar-refractivity contribution in [1.82, 2.24) is 0 Å². The van der Waals surface area contributed by atoms with E-state index in [4.69, 9.17) is 0 Å². The first kappa shape index (κ1) is 27.9. The Hall–Kier alpha value is -3.66. The third-order valence-corrected chi connectivity index (χ3v) is 8.45. The average molecular weight is 677 g/mol. The molecule has 40 heavy (non-hydrogen) atoms. The zero-order chi connectivity index (χ0) is 28.4. The molecule has 4 aromatic carbocycles. The quantitative estimate of drug-likeness (QED) is 0.194. The summed E-state index contributed by atoms with van der Waals surface area (Å²) in [6, 6.07) is 27.1. The molecule has 3 amide bonds. The lowest BCUT2D eigenvalue weighted by Gasteiger charge is -2.16. The molecule has 2 N–H and O–H groups in total. The molecule has 9 heteroatoms. The first-order valence-electron chi connectivity index (χ1n) is 12.3. The monoisotopic (exact) mass is 675 g/mol. The van der Waals surface area contributed by atoms with Crippen LogP contribution >= 0.6 is 43.6 Å². The highest BCUT2D eigenvalue weighted by atomic mass is 79.9. The number of nitrogens with zero attached hydrogens (tertiary/aromatic N) is 1. The maximum atomic E-state index is 13.8. The molecular weight excluding hydrogens is 654 g/mol. The molecular formula is C31H23Br2N3O3S. The minimum Gasteiger partial charge on any atom is -0.350 e. The molecule has 0 saturated heterocycles. The van der Waals surface area contributed by atoms with E-state index in [1.807, 2.05) is 56.3 Å². The summed E-state index contributed by atoms with van der Waals surface area (Å²) in [5.41, 5.74) is 4.53. The third-order valence-electron chi connectivity index (χ3n) is 6.32. The van der Waals surface area contributed by atoms with Crippen molar-refractivity contribution in [3.05, 3.63) is 127 Å². The second-order valence-corrected chi connectivity index (χ2v) is 12.1. The van der Waals surface area contributed by atoms with Gasteiger partial charge in [0.1, 0.15) is 10.6 Å². The third kappa shape index (κ3) is 6.06. The van der Waals surface area contributed by atoms with Crippen LogP contribution in [0.3, 0.4) is 0 Å². The van der Waals surface area contributed by atoms with Gasteiger partial charge in [-0.15, -0.1) is 0 Å². The van der Waals surface area contributed by atoms with E-state index < -0.39 is 11.8 Å². The van der Waals surface area contributed by atoms with Gasteiger partial charge in [-0.2, -0.15) is 0 Å². The highest BCUT2D eigenvalue weighted by molar-refractivity contribution is 9.10. The number of rotatable bonds is 7. The molecule has 0 saturated carbocycles. The highest BCUT2D eigenvalue weighted by Crippen LogP contribution is 2.39. The fourth-order valence-corrected chi connectivity index (χ4v) is 5.57. The second kappa shape index (κ2) is 11.8. The Morgan fingerprint density at radius 2 is 1.43 bits per heavy atom. The van der Waals surface area contributed by atoms with Crippen LogP contribution in [-0.2, 0) is 9.59 Å². The van der Waals surface area contributed by atoms with Crippen LogP contribution < -0.4 is 15.5 Å². The van der Waals surface area contributed by atoms with Crippen molar-refractivity contribution in [3.63, 3.8) is 0 Å². The molecule has 1 aliphatic heterocycles. The summed E-state index contributed by atoms with van der Waals surface area (Å²) in [5.74, 6) is -1.10. The standard InChI is InChI=1S/C31H23Br2N3O3S/c1-18-6-15-25(16-19(18)2)36-30(38)27(34-23-13-11-22(33)12-14-23)28(31(36)39)40-26-5-3-4-24(17-26)35-29(37)20-7-9-21(32)10-8-20/h3-17,34H,1-2H3,(H,35,37). The van der Waals surface area contributed by atoms with Gasteiger partial charge in [-0.1, -0.05) is 55.8 Å². The molecule has 200 valence electrons. The van der Waals surface area contributed by atoms with Crippen molar-refractivity contribution in [2.45, 2.75) is 18.7 Å². The zero-order valence-electron chi connectivity index (χ0n) is 21.5. The minimum absolute atomic E-state index is 0.194. The van der Waals surface area contributed by atoms with Gasteiger partial charge >= 0.3 is 0 Å². The molecule has 5 rings (SSSR count). The Labute approximate surface area is 253 Å². The van der Waals surface area contributed by atoms with E-state index in [1.54, 1.807) is 48.5 Å². The topological polar surface area (TPSA) is 78.5 Å². The van der Waals surface area contributed by atoms with E-state index in [0.717, 1.165) is 20.1 Å². The molecule has 0 aliphatic carbocycles. The molecule has 0 unspecified atom stereocenters. The fraction of sp³-hybridized carbons (Fsp3) is 0.0645. The Bertz CT molecular complexity index is 1670. The number of carbonyl (C=O) groups excluding carboxylic acids is 3. The summed E-state index contributed by atoms with van der Waals surface area (Å²) in [6.07, 6.45) is 0. The van der Waals surface area contributed by atoms with E-state index in [2.05, 4.69) is 42.5 Å². The number of aryl methyl sites for hydroxylation is 2. The number of carbonyl (C=O) groups is 3. The van der Waals surface area contributed by atoms with E-state index >= 15 is 0 Å². The molecule has 0 fully saturated rings. The van der Waals surface area contributed by atoms with Crippen LogP contribution in [0.5, 0.6) is 0 Å². The van der Waals surface area contributed by atoms with Gasteiger partial charge in [0.25, 0.3) is 17.7 Å². The van der Waals surface area contributed by atoms with Crippen molar-refractivity contribution in [1.29, 1.82) is 0 Å². The first-order valence-corrected chi connectivity index (χ1v) is 14.7. The molecule has 1 heterocycles. The van der Waals surface area contributed by atoms with Crippen molar-refractivity contribution in [2.24, 2.45) is 0 Å². The largest absolute Gasteiger partial charge is 0.350 e. The van der Waals surface area contributed by atoms with E-state index in [-0.39, 0.29) is 16.5 Å². The number of amides is 3. The number of halogens is 2. The number of nitrogens with one attached hydrogen (secondary N) is 2. The van der Waals surface area contributed by atoms with E-state index in [0.29, 0.717) is 27.5 Å². The Kier molecular flexibility index (Phi) is 8.25. The summed E-state index contributed by atoms with van der Waals surface area (Å²) in [7, 11) is 0. The Morgan fingerprint density at radius 1 is 0.750 bits per heavy atom. The number of thioether (sulfide) groups is 1. The number of hydrogen-bond donors (Lipinski definition) is 2. The molecule has 0 spiro atoms. The minimum atomic E-state index is -0.432. The van der Waals surface area contributed by atoms with Crippen LogP contribution in [0, 0.1) is 13.8 Å². The molecule has 0 aromatic heterocycles. The summed E-state index contributed by atoms with van der Waals surface area (Å²) < 4.78 is 1.78. The fourth-order valence-electron chi connectivity index (χ4n) is 4.05. The molecule has 0 atom stereocenters. The summed E-state index contributed by atoms with van der Waals surface area (Å²) in [6.45, 7) is 3.93. The van der Waals surface area contributed by atoms with Gasteiger partial charge < -0.3 is 10.6 Å². The maximum Gasteiger partial charge on any atom is 0.283 e. The number of benzene rings is 4. The summed E-state index contributed by atoms with van der Waals surface area (Å²) >= 11 is 7.98. The second-order valence-electron chi connectivity index (χ2n) is 9.14. The van der Waals surface area contributed by atoms with Crippen molar-refractivity contribution in [2.75, 3.05) is 15.5 Å². The maximum absolute atomic E-state index is 13.8. The van der Waals surface area contributed by atoms with Gasteiger partial charge in [-0.3, -0.25) is 14.4 Å². The van der Waals surface area contributed by atoms with Crippen LogP contribution in [-0.4, -0.2) is 17.7 Å². The molecule has 6 nitrogen and oxygen atoms in total. The Balaban J connectivity index is 1.46. The van der Waals surface area contributed by atoms with Crippen molar-refractivity contribution < 1.29 is 14.4 Å². The van der Waals surface area contributed by atoms with Gasteiger partial charge in [0.2, 0.25) is 0 Å². The van der Waals surface area contributed by atoms with Crippen LogP contribution in [0.25, 0.3) is 0 Å². The predicted molar refractivity (Wildman–Crippen MR) is 168 cm³/mol. The van der Waals surface area contributed by atoms with Gasteiger partial charge in [-0.25, -0.2) is 4.90 Å². The summed E-state index contributed by atoms with van der Waals surface area (Å²) in [5, 5.41) is 6.07. The molecule has 0 bridgehead atoms. The predicted octanol–water partition coefficient (Wildman–Crippen LogP) is 8.07. The number of imide groups is 1. The van der Waals surface area contributed by atoms with Gasteiger partial charge in [0.05, 0.1) is 5.69 Å². The van der Waals surface area contributed by atoms with Gasteiger partial charge in [0, 0.05) is 30.8 Å². The molecule has 1 aliphatic rings. The summed E-state index contributed by atoms with van der Waals surface area (Å²) in [4.78, 5) is 42.3.